The van der Waals surface area contributed by atoms with E-state index >= 15 is 0 Å². The molecule has 3 aromatic carbocycles. The number of rotatable bonds is 12. The first-order chi connectivity index (χ1) is 21.2. The summed E-state index contributed by atoms with van der Waals surface area (Å²) in [6, 6.07) is 22.6. The predicted octanol–water partition coefficient (Wildman–Crippen LogP) is 8.18. The van der Waals surface area contributed by atoms with Crippen LogP contribution in [-0.4, -0.2) is 33.2 Å². The molecule has 3 N–H and O–H groups in total. The van der Waals surface area contributed by atoms with Crippen molar-refractivity contribution in [2.75, 3.05) is 0 Å². The first-order valence-electron chi connectivity index (χ1n) is 15.6. The molecule has 0 heterocycles. The van der Waals surface area contributed by atoms with Crippen molar-refractivity contribution in [2.45, 2.75) is 78.6 Å². The van der Waals surface area contributed by atoms with Crippen LogP contribution in [0.2, 0.25) is 0 Å². The summed E-state index contributed by atoms with van der Waals surface area (Å²) in [5.74, 6) is -3.49. The highest BCUT2D eigenvalue weighted by molar-refractivity contribution is 6.03. The molecule has 1 aliphatic rings. The van der Waals surface area contributed by atoms with Crippen molar-refractivity contribution in [1.82, 2.24) is 0 Å². The van der Waals surface area contributed by atoms with Crippen LogP contribution in [0.15, 0.2) is 96.1 Å². The summed E-state index contributed by atoms with van der Waals surface area (Å²) in [5, 5.41) is 33.0. The topological polar surface area (TPSA) is 112 Å². The van der Waals surface area contributed by atoms with Gasteiger partial charge in [-0.15, -0.1) is 0 Å². The van der Waals surface area contributed by atoms with Gasteiger partial charge in [0.15, 0.2) is 0 Å². The van der Waals surface area contributed by atoms with Crippen molar-refractivity contribution in [2.24, 2.45) is 10.8 Å². The highest BCUT2D eigenvalue weighted by Gasteiger charge is 2.65. The van der Waals surface area contributed by atoms with Crippen molar-refractivity contribution in [3.05, 3.63) is 129 Å². The van der Waals surface area contributed by atoms with Crippen molar-refractivity contribution >= 4 is 17.9 Å². The number of hydrogen-bond donors (Lipinski definition) is 3. The minimum absolute atomic E-state index is 0.149. The Morgan fingerprint density at radius 1 is 0.578 bits per heavy atom. The molecule has 0 aromatic heterocycles. The van der Waals surface area contributed by atoms with Crippen LogP contribution in [0.25, 0.3) is 0 Å². The average molecular weight is 609 g/mol. The van der Waals surface area contributed by atoms with Gasteiger partial charge in [-0.25, -0.2) is 4.79 Å². The molecular weight excluding hydrogens is 564 g/mol. The third-order valence-electron chi connectivity index (χ3n) is 9.33. The molecule has 6 heteroatoms. The lowest BCUT2D eigenvalue weighted by molar-refractivity contribution is -0.168. The number of carbonyl (C=O) groups is 3. The Labute approximate surface area is 266 Å². The molecule has 6 nitrogen and oxygen atoms in total. The zero-order valence-corrected chi connectivity index (χ0v) is 27.0. The van der Waals surface area contributed by atoms with E-state index in [1.165, 1.54) is 12.2 Å². The van der Waals surface area contributed by atoms with Crippen LogP contribution in [0.3, 0.4) is 0 Å². The van der Waals surface area contributed by atoms with E-state index in [1.54, 1.807) is 12.1 Å². The number of carboxylic acids is 3. The molecule has 4 rings (SSSR count). The Balaban J connectivity index is 1.97. The highest BCUT2D eigenvalue weighted by Crippen LogP contribution is 2.55. The van der Waals surface area contributed by atoms with Crippen LogP contribution in [0.4, 0.5) is 0 Å². The van der Waals surface area contributed by atoms with E-state index in [-0.39, 0.29) is 42.2 Å². The van der Waals surface area contributed by atoms with Crippen molar-refractivity contribution in [3.63, 3.8) is 0 Å². The Hall–Kier alpha value is -4.45. The zero-order chi connectivity index (χ0) is 33.1. The van der Waals surface area contributed by atoms with E-state index in [9.17, 15) is 29.7 Å². The lowest BCUT2D eigenvalue weighted by Crippen LogP contribution is -2.58. The summed E-state index contributed by atoms with van der Waals surface area (Å²) in [6.45, 7) is 12.4. The molecule has 0 aliphatic heterocycles. The number of carboxylic acid groups (broad SMARTS) is 3. The third kappa shape index (κ3) is 6.51. The Morgan fingerprint density at radius 2 is 0.978 bits per heavy atom. The van der Waals surface area contributed by atoms with Gasteiger partial charge < -0.3 is 15.3 Å². The third-order valence-corrected chi connectivity index (χ3v) is 9.33. The van der Waals surface area contributed by atoms with Gasteiger partial charge in [0.05, 0.1) is 5.57 Å². The summed E-state index contributed by atoms with van der Waals surface area (Å²) in [6.07, 6.45) is 2.61. The number of allylic oxidation sites excluding steroid dienone is 2. The zero-order valence-electron chi connectivity index (χ0n) is 27.0. The van der Waals surface area contributed by atoms with Crippen LogP contribution in [0, 0.1) is 10.8 Å². The molecule has 236 valence electrons. The Morgan fingerprint density at radius 3 is 1.33 bits per heavy atom. The molecule has 0 spiro atoms. The lowest BCUT2D eigenvalue weighted by Gasteiger charge is -2.47. The van der Waals surface area contributed by atoms with Gasteiger partial charge in [0.2, 0.25) is 0 Å². The van der Waals surface area contributed by atoms with Crippen molar-refractivity contribution < 1.29 is 29.7 Å². The number of hydrogen-bond acceptors (Lipinski definition) is 3. The molecule has 0 bridgehead atoms. The molecule has 0 amide bonds. The van der Waals surface area contributed by atoms with Crippen molar-refractivity contribution in [3.8, 4) is 0 Å². The maximum Gasteiger partial charge on any atom is 0.333 e. The Bertz CT molecular complexity index is 1610. The largest absolute Gasteiger partial charge is 0.481 e. The van der Waals surface area contributed by atoms with Gasteiger partial charge in [-0.2, -0.15) is 0 Å². The summed E-state index contributed by atoms with van der Waals surface area (Å²) >= 11 is 0. The van der Waals surface area contributed by atoms with E-state index in [4.69, 9.17) is 0 Å². The van der Waals surface area contributed by atoms with E-state index < -0.39 is 28.7 Å². The monoisotopic (exact) mass is 608 g/mol. The van der Waals surface area contributed by atoms with E-state index in [0.29, 0.717) is 17.0 Å². The second kappa shape index (κ2) is 13.3. The molecule has 1 aliphatic carbocycles. The summed E-state index contributed by atoms with van der Waals surface area (Å²) < 4.78 is 0. The maximum atomic E-state index is 13.7. The summed E-state index contributed by atoms with van der Waals surface area (Å²) in [7, 11) is 0. The molecule has 3 aromatic rings. The predicted molar refractivity (Wildman–Crippen MR) is 177 cm³/mol. The quantitative estimate of drug-likeness (QED) is 0.191. The molecule has 0 fully saturated rings. The van der Waals surface area contributed by atoms with E-state index in [0.717, 1.165) is 22.3 Å². The SMILES string of the molecule is CC(C)c1ccc(CC2=C(C(=O)O)C(Cc3ccc(C(C)C)cc3)(C(=O)O)C(Cc3ccc(C(C)C)cc3)(C(=O)O)C=C2)cc1. The fourth-order valence-electron chi connectivity index (χ4n) is 6.50. The number of benzene rings is 3. The van der Waals surface area contributed by atoms with Crippen LogP contribution < -0.4 is 0 Å². The molecule has 45 heavy (non-hydrogen) atoms. The molecule has 0 saturated heterocycles. The van der Waals surface area contributed by atoms with Gasteiger partial charge >= 0.3 is 17.9 Å². The molecule has 2 atom stereocenters. The smallest absolute Gasteiger partial charge is 0.333 e. The van der Waals surface area contributed by atoms with Crippen LogP contribution in [-0.2, 0) is 33.6 Å². The fraction of sp³-hybridized carbons (Fsp3) is 0.359. The van der Waals surface area contributed by atoms with Gasteiger partial charge in [0.1, 0.15) is 10.8 Å². The maximum absolute atomic E-state index is 13.7. The normalized spacial score (nSPS) is 19.8. The summed E-state index contributed by atoms with van der Waals surface area (Å²) in [5.41, 5.74) is 0.703. The van der Waals surface area contributed by atoms with E-state index in [2.05, 4.69) is 27.7 Å². The van der Waals surface area contributed by atoms with Gasteiger partial charge in [-0.3, -0.25) is 9.59 Å². The minimum atomic E-state index is -2.32. The van der Waals surface area contributed by atoms with Crippen LogP contribution in [0.1, 0.15) is 92.7 Å². The van der Waals surface area contributed by atoms with Crippen LogP contribution >= 0.6 is 0 Å². The second-order valence-corrected chi connectivity index (χ2v) is 13.2. The second-order valence-electron chi connectivity index (χ2n) is 13.2. The first kappa shape index (κ1) is 33.4. The van der Waals surface area contributed by atoms with Gasteiger partial charge in [-0.05, 0) is 76.0 Å². The molecule has 0 radical (unpaired) electrons. The van der Waals surface area contributed by atoms with Gasteiger partial charge in [-0.1, -0.05) is 126 Å². The van der Waals surface area contributed by atoms with Gasteiger partial charge in [0, 0.05) is 0 Å². The standard InChI is InChI=1S/C39H44O6/c1-24(2)30-13-7-27(8-14-30)21-33-19-20-38(36(42)43,22-28-9-15-31(16-10-28)25(3)4)39(37(44)45,34(33)35(40)41)23-29-11-17-32(18-12-29)26(5)6/h7-20,24-26H,21-23H2,1-6H3,(H,40,41)(H,42,43)(H,44,45). The summed E-state index contributed by atoms with van der Waals surface area (Å²) in [4.78, 5) is 40.5. The van der Waals surface area contributed by atoms with Crippen LogP contribution in [0.5, 0.6) is 0 Å². The van der Waals surface area contributed by atoms with Gasteiger partial charge in [0.25, 0.3) is 0 Å². The average Bonchev–Trinajstić information content (AvgIpc) is 2.98. The van der Waals surface area contributed by atoms with Crippen molar-refractivity contribution in [1.29, 1.82) is 0 Å². The molecular formula is C39H44O6. The molecule has 0 saturated carbocycles. The fourth-order valence-corrected chi connectivity index (χ4v) is 6.50. The molecule has 2 unspecified atom stereocenters. The van der Waals surface area contributed by atoms with E-state index in [1.807, 2.05) is 74.5 Å². The lowest BCUT2D eigenvalue weighted by atomic mass is 9.52. The Kier molecular flexibility index (Phi) is 9.86. The first-order valence-corrected chi connectivity index (χ1v) is 15.6. The minimum Gasteiger partial charge on any atom is -0.481 e. The highest BCUT2D eigenvalue weighted by atomic mass is 16.4. The number of aliphatic carboxylic acids is 3.